The third kappa shape index (κ3) is 4.21. The highest BCUT2D eigenvalue weighted by atomic mass is 32.2. The predicted octanol–water partition coefficient (Wildman–Crippen LogP) is 1.59. The van der Waals surface area contributed by atoms with Gasteiger partial charge in [-0.15, -0.1) is 0 Å². The second kappa shape index (κ2) is 8.40. The molecule has 0 aliphatic carbocycles. The summed E-state index contributed by atoms with van der Waals surface area (Å²) in [6, 6.07) is 5.27. The number of carbonyl (C=O) groups is 2. The third-order valence-electron chi connectivity index (χ3n) is 4.91. The molecule has 0 saturated carbocycles. The third-order valence-corrected chi connectivity index (χ3v) is 6.29. The molecule has 1 N–H and O–H groups in total. The monoisotopic (exact) mass is 460 g/mol. The molecule has 2 aromatic rings. The van der Waals surface area contributed by atoms with Crippen molar-refractivity contribution in [3.8, 4) is 0 Å². The number of ether oxygens (including phenoxy) is 1. The summed E-state index contributed by atoms with van der Waals surface area (Å²) in [6.45, 7) is 4.46. The predicted molar refractivity (Wildman–Crippen MR) is 121 cm³/mol. The van der Waals surface area contributed by atoms with Crippen molar-refractivity contribution in [1.29, 1.82) is 0 Å². The van der Waals surface area contributed by atoms with Gasteiger partial charge in [0.05, 0.1) is 22.7 Å². The lowest BCUT2D eigenvalue weighted by atomic mass is 10.2. The molecule has 1 amide bonds. The highest BCUT2D eigenvalue weighted by Gasteiger charge is 2.34. The Hall–Kier alpha value is -2.76. The van der Waals surface area contributed by atoms with E-state index in [4.69, 9.17) is 27.0 Å². The molecule has 0 radical (unpaired) electrons. The fourth-order valence-corrected chi connectivity index (χ4v) is 4.95. The van der Waals surface area contributed by atoms with E-state index in [2.05, 4.69) is 0 Å². The highest BCUT2D eigenvalue weighted by Crippen LogP contribution is 2.33. The van der Waals surface area contributed by atoms with Crippen LogP contribution in [0, 0.1) is 0 Å². The summed E-state index contributed by atoms with van der Waals surface area (Å²) in [4.78, 5) is 45.1. The number of carboxylic acid groups (broad SMARTS) is 1. The number of thioether (sulfide) groups is 1. The molecule has 2 aromatic heterocycles. The number of carboxylic acids is 1. The van der Waals surface area contributed by atoms with Crippen molar-refractivity contribution < 1.29 is 19.4 Å². The summed E-state index contributed by atoms with van der Waals surface area (Å²) in [7, 11) is 0. The highest BCUT2D eigenvalue weighted by molar-refractivity contribution is 8.26. The van der Waals surface area contributed by atoms with Gasteiger partial charge in [-0.2, -0.15) is 0 Å². The Balaban J connectivity index is 1.85. The zero-order chi connectivity index (χ0) is 22.3. The van der Waals surface area contributed by atoms with E-state index in [-0.39, 0.29) is 32.6 Å². The summed E-state index contributed by atoms with van der Waals surface area (Å²) in [5, 5.41) is 9.05. The number of rotatable bonds is 4. The lowest BCUT2D eigenvalue weighted by Crippen LogP contribution is -2.46. The van der Waals surface area contributed by atoms with Crippen LogP contribution in [0.5, 0.6) is 0 Å². The van der Waals surface area contributed by atoms with Crippen molar-refractivity contribution in [1.82, 2.24) is 14.3 Å². The van der Waals surface area contributed by atoms with Crippen molar-refractivity contribution >= 4 is 57.7 Å². The maximum atomic E-state index is 13.3. The van der Waals surface area contributed by atoms with Crippen LogP contribution in [0.4, 0.5) is 5.82 Å². The number of anilines is 1. The maximum absolute atomic E-state index is 13.3. The summed E-state index contributed by atoms with van der Waals surface area (Å²) in [6.07, 6.45) is 2.98. The number of morpholine rings is 1. The molecule has 2 fully saturated rings. The first-order chi connectivity index (χ1) is 14.7. The molecule has 2 saturated heterocycles. The Morgan fingerprint density at radius 3 is 2.71 bits per heavy atom. The van der Waals surface area contributed by atoms with Gasteiger partial charge < -0.3 is 14.7 Å². The van der Waals surface area contributed by atoms with Crippen molar-refractivity contribution in [3.63, 3.8) is 0 Å². The van der Waals surface area contributed by atoms with E-state index in [9.17, 15) is 14.4 Å². The van der Waals surface area contributed by atoms with Crippen LogP contribution in [0.2, 0.25) is 0 Å². The van der Waals surface area contributed by atoms with Crippen LogP contribution in [0.3, 0.4) is 0 Å². The van der Waals surface area contributed by atoms with Gasteiger partial charge in [0.15, 0.2) is 0 Å². The summed E-state index contributed by atoms with van der Waals surface area (Å²) in [5.74, 6) is -1.24. The number of nitrogens with zero attached hydrogens (tertiary/aromatic N) is 4. The van der Waals surface area contributed by atoms with Gasteiger partial charge >= 0.3 is 5.97 Å². The minimum Gasteiger partial charge on any atom is -0.480 e. The van der Waals surface area contributed by atoms with E-state index >= 15 is 0 Å². The van der Waals surface area contributed by atoms with E-state index in [1.807, 2.05) is 18.7 Å². The molecule has 2 atom stereocenters. The molecule has 0 aromatic carbocycles. The zero-order valence-electron chi connectivity index (χ0n) is 16.8. The lowest BCUT2D eigenvalue weighted by molar-refractivity contribution is -0.140. The quantitative estimate of drug-likeness (QED) is 0.538. The Labute approximate surface area is 187 Å². The zero-order valence-corrected chi connectivity index (χ0v) is 18.5. The molecule has 11 heteroatoms. The molecule has 2 aliphatic heterocycles. The normalized spacial score (nSPS) is 23.2. The second-order valence-corrected chi connectivity index (χ2v) is 9.08. The first-order valence-corrected chi connectivity index (χ1v) is 10.9. The standard InChI is InChI=1S/C20H20N4O5S2/c1-11-8-22(9-12(2)29-11)17-13(18(27)23-6-4-3-5-15(23)21-17)7-14-19(28)24(10-16(25)26)20(30)31-14/h3-7,11-12H,8-10H2,1-2H3,(H,25,26). The number of aromatic nitrogens is 2. The van der Waals surface area contributed by atoms with Gasteiger partial charge in [-0.3, -0.25) is 23.7 Å². The maximum Gasteiger partial charge on any atom is 0.323 e. The van der Waals surface area contributed by atoms with Gasteiger partial charge in [0.2, 0.25) is 0 Å². The summed E-state index contributed by atoms with van der Waals surface area (Å²) >= 11 is 6.14. The minimum atomic E-state index is -1.16. The Kier molecular flexibility index (Phi) is 5.82. The van der Waals surface area contributed by atoms with Crippen molar-refractivity contribution in [2.75, 3.05) is 24.5 Å². The molecular weight excluding hydrogens is 440 g/mol. The molecule has 162 valence electrons. The fourth-order valence-electron chi connectivity index (χ4n) is 3.71. The topological polar surface area (TPSA) is 104 Å². The van der Waals surface area contributed by atoms with Crippen LogP contribution in [0.1, 0.15) is 19.4 Å². The van der Waals surface area contributed by atoms with Crippen LogP contribution >= 0.6 is 24.0 Å². The number of aliphatic carboxylic acids is 1. The van der Waals surface area contributed by atoms with Crippen molar-refractivity contribution in [3.05, 3.63) is 45.2 Å². The second-order valence-electron chi connectivity index (χ2n) is 7.41. The van der Waals surface area contributed by atoms with Crippen LogP contribution in [-0.2, 0) is 14.3 Å². The Morgan fingerprint density at radius 2 is 2.03 bits per heavy atom. The summed E-state index contributed by atoms with van der Waals surface area (Å²) < 4.78 is 7.36. The van der Waals surface area contributed by atoms with Gasteiger partial charge in [-0.1, -0.05) is 30.0 Å². The first-order valence-electron chi connectivity index (χ1n) is 9.63. The number of hydrogen-bond acceptors (Lipinski definition) is 8. The van der Waals surface area contributed by atoms with Gasteiger partial charge in [-0.05, 0) is 32.1 Å². The number of carbonyl (C=O) groups excluding carboxylic acids is 1. The van der Waals surface area contributed by atoms with E-state index in [1.165, 1.54) is 10.5 Å². The Morgan fingerprint density at radius 1 is 1.32 bits per heavy atom. The fraction of sp³-hybridized carbons (Fsp3) is 0.350. The smallest absolute Gasteiger partial charge is 0.323 e. The SMILES string of the molecule is CC1CN(c2nc3ccccn3c(=O)c2C=C2SC(=S)N(CC(=O)O)C2=O)CC(C)O1. The molecular formula is C20H20N4O5S2. The molecule has 9 nitrogen and oxygen atoms in total. The number of thiocarbonyl (C=S) groups is 1. The molecule has 0 bridgehead atoms. The summed E-state index contributed by atoms with van der Waals surface area (Å²) in [5.41, 5.74) is 0.418. The van der Waals surface area contributed by atoms with Crippen molar-refractivity contribution in [2.24, 2.45) is 0 Å². The first kappa shape index (κ1) is 21.5. The number of hydrogen-bond donors (Lipinski definition) is 1. The van der Waals surface area contributed by atoms with Gasteiger partial charge in [-0.25, -0.2) is 4.98 Å². The van der Waals surface area contributed by atoms with Gasteiger partial charge in [0.1, 0.15) is 22.3 Å². The molecule has 0 spiro atoms. The average molecular weight is 461 g/mol. The van der Waals surface area contributed by atoms with E-state index < -0.39 is 18.4 Å². The van der Waals surface area contributed by atoms with Crippen molar-refractivity contribution in [2.45, 2.75) is 26.1 Å². The molecule has 31 heavy (non-hydrogen) atoms. The molecule has 2 aliphatic rings. The van der Waals surface area contributed by atoms with Crippen LogP contribution in [0.25, 0.3) is 11.7 Å². The lowest BCUT2D eigenvalue weighted by Gasteiger charge is -2.36. The minimum absolute atomic E-state index is 0.0543. The Bertz CT molecular complexity index is 1170. The van der Waals surface area contributed by atoms with Gasteiger partial charge in [0, 0.05) is 19.3 Å². The molecule has 4 heterocycles. The largest absolute Gasteiger partial charge is 0.480 e. The number of amides is 1. The van der Waals surface area contributed by atoms with E-state index in [1.54, 1.807) is 24.4 Å². The average Bonchev–Trinajstić information content (AvgIpc) is 2.96. The van der Waals surface area contributed by atoms with E-state index in [0.717, 1.165) is 16.7 Å². The van der Waals surface area contributed by atoms with Gasteiger partial charge in [0.25, 0.3) is 11.5 Å². The molecule has 4 rings (SSSR count). The molecule has 2 unspecified atom stereocenters. The van der Waals surface area contributed by atoms with E-state index in [0.29, 0.717) is 24.6 Å². The number of pyridine rings is 1. The van der Waals surface area contributed by atoms with Crippen LogP contribution < -0.4 is 10.5 Å². The number of fused-ring (bicyclic) bond motifs is 1. The van der Waals surface area contributed by atoms with Crippen LogP contribution in [0.15, 0.2) is 34.1 Å². The van der Waals surface area contributed by atoms with Crippen LogP contribution in [-0.4, -0.2) is 67.4 Å².